The lowest BCUT2D eigenvalue weighted by Crippen LogP contribution is -2.42. The number of carbonyl (C=O) groups excluding carboxylic acids is 4. The Hall–Kier alpha value is -3.10. The minimum Gasteiger partial charge on any atom is -0.399 e. The fourth-order valence-corrected chi connectivity index (χ4v) is 4.23. The van der Waals surface area contributed by atoms with Crippen LogP contribution in [0, 0.1) is 5.41 Å². The summed E-state index contributed by atoms with van der Waals surface area (Å²) in [6.45, 7) is 0. The van der Waals surface area contributed by atoms with Crippen molar-refractivity contribution >= 4 is 69.6 Å². The van der Waals surface area contributed by atoms with E-state index in [4.69, 9.17) is 34.7 Å². The predicted molar refractivity (Wildman–Crippen MR) is 108 cm³/mol. The molecule has 0 saturated carbocycles. The molecular weight excluding hydrogens is 419 g/mol. The van der Waals surface area contributed by atoms with Gasteiger partial charge in [0, 0.05) is 11.4 Å². The van der Waals surface area contributed by atoms with Crippen LogP contribution in [0.3, 0.4) is 0 Å². The summed E-state index contributed by atoms with van der Waals surface area (Å²) < 4.78 is 0. The summed E-state index contributed by atoms with van der Waals surface area (Å²) in [5.74, 6) is -2.87. The Morgan fingerprint density at radius 3 is 1.45 bits per heavy atom. The zero-order chi connectivity index (χ0) is 21.1. The van der Waals surface area contributed by atoms with Gasteiger partial charge in [-0.25, -0.2) is 9.80 Å². The van der Waals surface area contributed by atoms with Gasteiger partial charge in [-0.2, -0.15) is 0 Å². The Kier molecular flexibility index (Phi) is 4.29. The lowest BCUT2D eigenvalue weighted by Gasteiger charge is -2.21. The molecular formula is C19H14Cl2N4O4. The first-order valence-electron chi connectivity index (χ1n) is 8.50. The van der Waals surface area contributed by atoms with Gasteiger partial charge in [0.05, 0.1) is 34.3 Å². The first-order chi connectivity index (χ1) is 13.7. The van der Waals surface area contributed by atoms with Gasteiger partial charge in [-0.15, -0.1) is 0 Å². The van der Waals surface area contributed by atoms with Gasteiger partial charge in [0.15, 0.2) is 0 Å². The zero-order valence-electron chi connectivity index (χ0n) is 14.8. The molecule has 4 amide bonds. The molecule has 0 bridgehead atoms. The number of carbonyl (C=O) groups is 4. The van der Waals surface area contributed by atoms with Crippen LogP contribution in [0.15, 0.2) is 36.4 Å². The van der Waals surface area contributed by atoms with Gasteiger partial charge in [-0.1, -0.05) is 23.2 Å². The van der Waals surface area contributed by atoms with Gasteiger partial charge >= 0.3 is 0 Å². The summed E-state index contributed by atoms with van der Waals surface area (Å²) >= 11 is 12.3. The van der Waals surface area contributed by atoms with E-state index in [1.54, 1.807) is 0 Å². The highest BCUT2D eigenvalue weighted by molar-refractivity contribution is 6.42. The van der Waals surface area contributed by atoms with Gasteiger partial charge < -0.3 is 11.5 Å². The second-order valence-electron chi connectivity index (χ2n) is 6.93. The number of amides is 4. The van der Waals surface area contributed by atoms with E-state index in [2.05, 4.69) is 0 Å². The number of nitrogens with zero attached hydrogens (tertiary/aromatic N) is 2. The molecule has 4 rings (SSSR count). The van der Waals surface area contributed by atoms with Crippen LogP contribution in [0.25, 0.3) is 0 Å². The van der Waals surface area contributed by atoms with Crippen LogP contribution >= 0.6 is 23.2 Å². The summed E-state index contributed by atoms with van der Waals surface area (Å²) in [6, 6.07) is 8.59. The second kappa shape index (κ2) is 6.47. The van der Waals surface area contributed by atoms with Crippen molar-refractivity contribution in [2.24, 2.45) is 5.41 Å². The lowest BCUT2D eigenvalue weighted by atomic mass is 9.84. The van der Waals surface area contributed by atoms with Crippen molar-refractivity contribution < 1.29 is 19.2 Å². The number of imide groups is 2. The number of hydrogen-bond acceptors (Lipinski definition) is 6. The van der Waals surface area contributed by atoms with Crippen molar-refractivity contribution in [3.8, 4) is 0 Å². The molecule has 2 aliphatic heterocycles. The molecule has 2 saturated heterocycles. The minimum atomic E-state index is -1.83. The maximum Gasteiger partial charge on any atom is 0.250 e. The number of nitrogens with two attached hydrogens (primary N) is 2. The molecule has 0 atom stereocenters. The zero-order valence-corrected chi connectivity index (χ0v) is 16.3. The second-order valence-corrected chi connectivity index (χ2v) is 7.74. The van der Waals surface area contributed by atoms with Crippen molar-refractivity contribution in [3.05, 3.63) is 46.4 Å². The van der Waals surface area contributed by atoms with Crippen molar-refractivity contribution in [1.82, 2.24) is 0 Å². The monoisotopic (exact) mass is 432 g/mol. The Morgan fingerprint density at radius 1 is 0.724 bits per heavy atom. The highest BCUT2D eigenvalue weighted by Crippen LogP contribution is 2.48. The van der Waals surface area contributed by atoms with E-state index >= 15 is 0 Å². The third-order valence-electron chi connectivity index (χ3n) is 5.06. The molecule has 2 heterocycles. The standard InChI is InChI=1S/C19H14Cl2N4O4/c20-11-5-9(22)1-3-13(11)24-15(26)7-19(17(24)28)8-16(27)25(18(19)29)14-4-2-10(23)6-12(14)21/h1-6H,7-8,22-23H2. The van der Waals surface area contributed by atoms with Gasteiger partial charge in [-0.05, 0) is 36.4 Å². The smallest absolute Gasteiger partial charge is 0.250 e. The van der Waals surface area contributed by atoms with E-state index in [0.717, 1.165) is 9.80 Å². The number of anilines is 4. The molecule has 0 unspecified atom stereocenters. The first kappa shape index (κ1) is 19.2. The molecule has 2 aromatic carbocycles. The van der Waals surface area contributed by atoms with Crippen LogP contribution in [0.1, 0.15) is 12.8 Å². The van der Waals surface area contributed by atoms with E-state index in [0.29, 0.717) is 11.4 Å². The largest absolute Gasteiger partial charge is 0.399 e. The van der Waals surface area contributed by atoms with E-state index in [1.165, 1.54) is 36.4 Å². The third kappa shape index (κ3) is 2.75. The number of hydrogen-bond donors (Lipinski definition) is 2. The summed E-state index contributed by atoms with van der Waals surface area (Å²) in [6.07, 6.45) is -0.888. The molecule has 1 spiro atoms. The van der Waals surface area contributed by atoms with Crippen molar-refractivity contribution in [2.45, 2.75) is 12.8 Å². The topological polar surface area (TPSA) is 127 Å². The lowest BCUT2D eigenvalue weighted by molar-refractivity contribution is -0.136. The number of benzene rings is 2. The molecule has 2 fully saturated rings. The summed E-state index contributed by atoms with van der Waals surface area (Å²) in [7, 11) is 0. The van der Waals surface area contributed by atoms with E-state index in [-0.39, 0.29) is 21.4 Å². The molecule has 29 heavy (non-hydrogen) atoms. The minimum absolute atomic E-state index is 0.0824. The Labute approximate surface area is 174 Å². The maximum absolute atomic E-state index is 13.2. The molecule has 8 nitrogen and oxygen atoms in total. The van der Waals surface area contributed by atoms with Crippen molar-refractivity contribution in [3.63, 3.8) is 0 Å². The molecule has 0 aliphatic carbocycles. The van der Waals surface area contributed by atoms with Crippen LogP contribution < -0.4 is 21.3 Å². The van der Waals surface area contributed by atoms with Gasteiger partial charge in [-0.3, -0.25) is 19.2 Å². The highest BCUT2D eigenvalue weighted by Gasteiger charge is 2.64. The average molecular weight is 433 g/mol. The van der Waals surface area contributed by atoms with E-state index in [9.17, 15) is 19.2 Å². The Bertz CT molecular complexity index is 1030. The van der Waals surface area contributed by atoms with E-state index < -0.39 is 41.9 Å². The molecule has 148 valence electrons. The molecule has 2 aliphatic rings. The molecule has 0 aromatic heterocycles. The van der Waals surface area contributed by atoms with Crippen LogP contribution in [0.5, 0.6) is 0 Å². The van der Waals surface area contributed by atoms with Gasteiger partial charge in [0.1, 0.15) is 5.41 Å². The normalized spacial score (nSPS) is 18.4. The Balaban J connectivity index is 1.75. The van der Waals surface area contributed by atoms with Crippen LogP contribution in [-0.4, -0.2) is 23.6 Å². The summed E-state index contributed by atoms with van der Waals surface area (Å²) in [4.78, 5) is 53.5. The fraction of sp³-hybridized carbons (Fsp3) is 0.158. The third-order valence-corrected chi connectivity index (χ3v) is 5.66. The molecule has 0 radical (unpaired) electrons. The maximum atomic E-state index is 13.2. The summed E-state index contributed by atoms with van der Waals surface area (Å²) in [5.41, 5.74) is 10.4. The van der Waals surface area contributed by atoms with Crippen LogP contribution in [0.4, 0.5) is 22.7 Å². The SMILES string of the molecule is Nc1ccc(N2C(=O)CC3(CC(=O)N(c4ccc(N)cc4Cl)C3=O)C2=O)c(Cl)c1. The number of nitrogen functional groups attached to an aromatic ring is 2. The molecule has 2 aromatic rings. The van der Waals surface area contributed by atoms with Crippen molar-refractivity contribution in [2.75, 3.05) is 21.3 Å². The van der Waals surface area contributed by atoms with E-state index in [1.807, 2.05) is 0 Å². The molecule has 4 N–H and O–H groups in total. The Morgan fingerprint density at radius 2 is 1.10 bits per heavy atom. The van der Waals surface area contributed by atoms with Crippen LogP contribution in [0.2, 0.25) is 10.0 Å². The highest BCUT2D eigenvalue weighted by atomic mass is 35.5. The number of rotatable bonds is 2. The van der Waals surface area contributed by atoms with Gasteiger partial charge in [0.25, 0.3) is 11.8 Å². The van der Waals surface area contributed by atoms with Crippen molar-refractivity contribution in [1.29, 1.82) is 0 Å². The first-order valence-corrected chi connectivity index (χ1v) is 9.26. The predicted octanol–water partition coefficient (Wildman–Crippen LogP) is 2.37. The molecule has 10 heteroatoms. The fourth-order valence-electron chi connectivity index (χ4n) is 3.68. The van der Waals surface area contributed by atoms with Crippen LogP contribution in [-0.2, 0) is 19.2 Å². The number of halogens is 2. The quantitative estimate of drug-likeness (QED) is 0.425. The van der Waals surface area contributed by atoms with Gasteiger partial charge in [0.2, 0.25) is 11.8 Å². The summed E-state index contributed by atoms with van der Waals surface area (Å²) in [5, 5.41) is 0.165. The average Bonchev–Trinajstić information content (AvgIpc) is 3.02.